The van der Waals surface area contributed by atoms with Crippen molar-refractivity contribution in [1.29, 1.82) is 0 Å². The summed E-state index contributed by atoms with van der Waals surface area (Å²) in [5.41, 5.74) is 2.28. The molecule has 4 rings (SSSR count). The van der Waals surface area contributed by atoms with Crippen LogP contribution in [0.2, 0.25) is 5.02 Å². The van der Waals surface area contributed by atoms with Crippen LogP contribution in [-0.2, 0) is 17.9 Å². The molecule has 0 unspecified atom stereocenters. The zero-order valence-corrected chi connectivity index (χ0v) is 16.9. The Kier molecular flexibility index (Phi) is 5.99. The molecule has 0 saturated carbocycles. The molecule has 7 nitrogen and oxygen atoms in total. The maximum atomic E-state index is 12.2. The van der Waals surface area contributed by atoms with Crippen LogP contribution in [0.4, 0.5) is 0 Å². The Labute approximate surface area is 178 Å². The fourth-order valence-electron chi connectivity index (χ4n) is 3.11. The predicted octanol–water partition coefficient (Wildman–Crippen LogP) is 3.39. The van der Waals surface area contributed by atoms with Gasteiger partial charge in [-0.2, -0.15) is 5.10 Å². The van der Waals surface area contributed by atoms with Crippen LogP contribution < -0.4 is 20.3 Å². The summed E-state index contributed by atoms with van der Waals surface area (Å²) >= 11 is 5.92. The molecule has 0 spiro atoms. The molecule has 0 atom stereocenters. The van der Waals surface area contributed by atoms with Crippen molar-refractivity contribution in [3.63, 3.8) is 0 Å². The molecule has 3 aromatic rings. The number of amides is 1. The minimum absolute atomic E-state index is 0.0884. The molecule has 0 bridgehead atoms. The zero-order valence-electron chi connectivity index (χ0n) is 16.1. The molecule has 0 radical (unpaired) electrons. The number of carbonyl (C=O) groups excluding carboxylic acids is 1. The number of nitrogens with one attached hydrogen (secondary N) is 1. The standard InChI is InChI=1S/C22H20ClN3O4/c23-17-6-4-16(5-7-17)18-8-10-22(28)26(25-18)11-1-2-21(27)24-13-15-3-9-19-20(12-15)30-14-29-19/h3-10,12H,1-2,11,13-14H2,(H,24,27). The number of nitrogens with zero attached hydrogens (tertiary/aromatic N) is 2. The van der Waals surface area contributed by atoms with E-state index >= 15 is 0 Å². The van der Waals surface area contributed by atoms with Crippen LogP contribution in [0.5, 0.6) is 11.5 Å². The molecule has 1 N–H and O–H groups in total. The third kappa shape index (κ3) is 4.80. The van der Waals surface area contributed by atoms with Gasteiger partial charge >= 0.3 is 0 Å². The van der Waals surface area contributed by atoms with Gasteiger partial charge < -0.3 is 14.8 Å². The van der Waals surface area contributed by atoms with Crippen molar-refractivity contribution in [2.75, 3.05) is 6.79 Å². The lowest BCUT2D eigenvalue weighted by Gasteiger charge is -2.08. The monoisotopic (exact) mass is 425 g/mol. The van der Waals surface area contributed by atoms with Crippen molar-refractivity contribution in [3.8, 4) is 22.8 Å². The second-order valence-corrected chi connectivity index (χ2v) is 7.29. The first-order valence-corrected chi connectivity index (χ1v) is 9.95. The van der Waals surface area contributed by atoms with Crippen LogP contribution in [0.15, 0.2) is 59.4 Å². The average molecular weight is 426 g/mol. The number of fused-ring (bicyclic) bond motifs is 1. The van der Waals surface area contributed by atoms with Gasteiger partial charge in [-0.1, -0.05) is 29.8 Å². The van der Waals surface area contributed by atoms with E-state index in [1.54, 1.807) is 18.2 Å². The SMILES string of the molecule is O=C(CCCn1nc(-c2ccc(Cl)cc2)ccc1=O)NCc1ccc2c(c1)OCO2. The fourth-order valence-corrected chi connectivity index (χ4v) is 3.24. The average Bonchev–Trinajstić information content (AvgIpc) is 3.22. The summed E-state index contributed by atoms with van der Waals surface area (Å²) in [6.45, 7) is 0.981. The second-order valence-electron chi connectivity index (χ2n) is 6.85. The van der Waals surface area contributed by atoms with E-state index in [4.69, 9.17) is 21.1 Å². The molecule has 30 heavy (non-hydrogen) atoms. The minimum Gasteiger partial charge on any atom is -0.454 e. The van der Waals surface area contributed by atoms with Gasteiger partial charge in [-0.25, -0.2) is 4.68 Å². The maximum Gasteiger partial charge on any atom is 0.266 e. The van der Waals surface area contributed by atoms with Gasteiger partial charge in [0.05, 0.1) is 5.69 Å². The minimum atomic E-state index is -0.200. The maximum absolute atomic E-state index is 12.2. The topological polar surface area (TPSA) is 82.5 Å². The number of aryl methyl sites for hydroxylation is 1. The first-order chi connectivity index (χ1) is 14.6. The Morgan fingerprint density at radius 1 is 1.07 bits per heavy atom. The molecule has 1 aliphatic rings. The Hall–Kier alpha value is -3.32. The molecule has 1 aliphatic heterocycles. The Bertz CT molecular complexity index is 1110. The highest BCUT2D eigenvalue weighted by Gasteiger charge is 2.13. The summed E-state index contributed by atoms with van der Waals surface area (Å²) in [6.07, 6.45) is 0.799. The molecule has 0 saturated heterocycles. The number of benzene rings is 2. The van der Waals surface area contributed by atoms with Gasteiger partial charge in [0.1, 0.15) is 0 Å². The highest BCUT2D eigenvalue weighted by atomic mass is 35.5. The predicted molar refractivity (Wildman–Crippen MR) is 113 cm³/mol. The van der Waals surface area contributed by atoms with E-state index < -0.39 is 0 Å². The fraction of sp³-hybridized carbons (Fsp3) is 0.227. The first kappa shape index (κ1) is 20.0. The number of hydrogen-bond acceptors (Lipinski definition) is 5. The van der Waals surface area contributed by atoms with Crippen LogP contribution in [0, 0.1) is 0 Å². The smallest absolute Gasteiger partial charge is 0.266 e. The van der Waals surface area contributed by atoms with Crippen LogP contribution in [0.1, 0.15) is 18.4 Å². The van der Waals surface area contributed by atoms with Crippen molar-refractivity contribution in [2.24, 2.45) is 0 Å². The molecule has 154 valence electrons. The quantitative estimate of drug-likeness (QED) is 0.627. The van der Waals surface area contributed by atoms with Gasteiger partial charge in [0.25, 0.3) is 5.56 Å². The van der Waals surface area contributed by atoms with E-state index in [0.29, 0.717) is 48.1 Å². The van der Waals surface area contributed by atoms with Gasteiger partial charge in [-0.05, 0) is 42.3 Å². The van der Waals surface area contributed by atoms with Crippen LogP contribution in [-0.4, -0.2) is 22.5 Å². The van der Waals surface area contributed by atoms with Crippen molar-refractivity contribution in [1.82, 2.24) is 15.1 Å². The van der Waals surface area contributed by atoms with Gasteiger partial charge in [0.15, 0.2) is 11.5 Å². The Morgan fingerprint density at radius 3 is 2.70 bits per heavy atom. The third-order valence-corrected chi connectivity index (χ3v) is 4.96. The summed E-state index contributed by atoms with van der Waals surface area (Å²) < 4.78 is 12.0. The largest absolute Gasteiger partial charge is 0.454 e. The molecule has 0 fully saturated rings. The van der Waals surface area contributed by atoms with Gasteiger partial charge in [0, 0.05) is 36.2 Å². The van der Waals surface area contributed by atoms with Crippen molar-refractivity contribution >= 4 is 17.5 Å². The molecule has 2 heterocycles. The summed E-state index contributed by atoms with van der Waals surface area (Å²) in [4.78, 5) is 24.3. The third-order valence-electron chi connectivity index (χ3n) is 4.71. The van der Waals surface area contributed by atoms with Crippen LogP contribution >= 0.6 is 11.6 Å². The van der Waals surface area contributed by atoms with Gasteiger partial charge in [-0.15, -0.1) is 0 Å². The lowest BCUT2D eigenvalue weighted by molar-refractivity contribution is -0.121. The molecule has 8 heteroatoms. The number of aromatic nitrogens is 2. The molecular weight excluding hydrogens is 406 g/mol. The molecule has 2 aromatic carbocycles. The van der Waals surface area contributed by atoms with E-state index in [1.165, 1.54) is 10.7 Å². The Morgan fingerprint density at radius 2 is 1.87 bits per heavy atom. The zero-order chi connectivity index (χ0) is 20.9. The highest BCUT2D eigenvalue weighted by molar-refractivity contribution is 6.30. The van der Waals surface area contributed by atoms with Crippen molar-refractivity contribution in [2.45, 2.75) is 25.9 Å². The first-order valence-electron chi connectivity index (χ1n) is 9.58. The van der Waals surface area contributed by atoms with E-state index in [1.807, 2.05) is 30.3 Å². The van der Waals surface area contributed by atoms with Crippen LogP contribution in [0.3, 0.4) is 0 Å². The number of ether oxygens (including phenoxy) is 2. The number of carbonyl (C=O) groups is 1. The number of rotatable bonds is 7. The van der Waals surface area contributed by atoms with Crippen molar-refractivity contribution < 1.29 is 14.3 Å². The van der Waals surface area contributed by atoms with E-state index in [2.05, 4.69) is 10.4 Å². The summed E-state index contributed by atoms with van der Waals surface area (Å²) in [5, 5.41) is 7.92. The molecule has 0 aliphatic carbocycles. The Balaban J connectivity index is 1.29. The second kappa shape index (κ2) is 9.00. The summed E-state index contributed by atoms with van der Waals surface area (Å²) in [6, 6.07) is 16.0. The van der Waals surface area contributed by atoms with E-state index in [-0.39, 0.29) is 18.3 Å². The molecule has 1 aromatic heterocycles. The highest BCUT2D eigenvalue weighted by Crippen LogP contribution is 2.32. The van der Waals surface area contributed by atoms with Gasteiger partial charge in [-0.3, -0.25) is 9.59 Å². The number of halogens is 1. The summed E-state index contributed by atoms with van der Waals surface area (Å²) in [5.74, 6) is 1.31. The molecule has 1 amide bonds. The van der Waals surface area contributed by atoms with E-state index in [0.717, 1.165) is 11.1 Å². The summed E-state index contributed by atoms with van der Waals surface area (Å²) in [7, 11) is 0. The van der Waals surface area contributed by atoms with Gasteiger partial charge in [0.2, 0.25) is 12.7 Å². The number of hydrogen-bond donors (Lipinski definition) is 1. The molecular formula is C22H20ClN3O4. The lowest BCUT2D eigenvalue weighted by atomic mass is 10.1. The van der Waals surface area contributed by atoms with Crippen LogP contribution in [0.25, 0.3) is 11.3 Å². The van der Waals surface area contributed by atoms with Crippen molar-refractivity contribution in [3.05, 3.63) is 75.5 Å². The normalized spacial score (nSPS) is 12.0. The lowest BCUT2D eigenvalue weighted by Crippen LogP contribution is -2.25. The van der Waals surface area contributed by atoms with E-state index in [9.17, 15) is 9.59 Å².